The zero-order valence-electron chi connectivity index (χ0n) is 17.5. The maximum Gasteiger partial charge on any atom is 0.125 e. The number of likely N-dealkylation sites (tertiary alicyclic amines) is 1. The molecular weight excluding hydrogens is 386 g/mol. The minimum Gasteiger partial charge on any atom is -0.508 e. The van der Waals surface area contributed by atoms with Crippen LogP contribution in [0.1, 0.15) is 50.3 Å². The lowest BCUT2D eigenvalue weighted by Crippen LogP contribution is -2.33. The first kappa shape index (κ1) is 23.5. The largest absolute Gasteiger partial charge is 0.508 e. The van der Waals surface area contributed by atoms with Crippen molar-refractivity contribution in [2.45, 2.75) is 45.6 Å². The van der Waals surface area contributed by atoms with Gasteiger partial charge in [-0.2, -0.15) is 0 Å². The lowest BCUT2D eigenvalue weighted by molar-refractivity contribution is 0.0464. The Balaban J connectivity index is 0.00000300. The molecule has 0 saturated carbocycles. The highest BCUT2D eigenvalue weighted by atomic mass is 35.5. The SMILES string of the molecule is CC(C)(Cc1ccc(O)cc1)C(O)c1ccccc1OCCN1CCCCC1.Cl. The number of ether oxygens (including phenoxy) is 1. The second-order valence-electron chi connectivity index (χ2n) is 8.52. The molecule has 2 aromatic rings. The number of aliphatic hydroxyl groups is 1. The van der Waals surface area contributed by atoms with Gasteiger partial charge >= 0.3 is 0 Å². The molecular formula is C24H34ClNO3. The maximum atomic E-state index is 11.2. The van der Waals surface area contributed by atoms with E-state index in [1.165, 1.54) is 19.3 Å². The van der Waals surface area contributed by atoms with Crippen LogP contribution in [0, 0.1) is 5.41 Å². The van der Waals surface area contributed by atoms with E-state index in [2.05, 4.69) is 18.7 Å². The van der Waals surface area contributed by atoms with Crippen molar-refractivity contribution in [1.82, 2.24) is 4.90 Å². The summed E-state index contributed by atoms with van der Waals surface area (Å²) in [5.41, 5.74) is 1.55. The molecule has 1 aliphatic heterocycles. The van der Waals surface area contributed by atoms with Crippen molar-refractivity contribution in [3.8, 4) is 11.5 Å². The van der Waals surface area contributed by atoms with Crippen molar-refractivity contribution < 1.29 is 14.9 Å². The van der Waals surface area contributed by atoms with Gasteiger partial charge in [0, 0.05) is 12.1 Å². The predicted molar refractivity (Wildman–Crippen MR) is 120 cm³/mol. The van der Waals surface area contributed by atoms with Crippen molar-refractivity contribution >= 4 is 12.4 Å². The van der Waals surface area contributed by atoms with Crippen LogP contribution in [0.5, 0.6) is 11.5 Å². The van der Waals surface area contributed by atoms with E-state index in [4.69, 9.17) is 4.74 Å². The lowest BCUT2D eigenvalue weighted by atomic mass is 9.77. The summed E-state index contributed by atoms with van der Waals surface area (Å²) in [6.07, 6.45) is 3.95. The average Bonchev–Trinajstić information content (AvgIpc) is 2.70. The van der Waals surface area contributed by atoms with Gasteiger partial charge in [0.25, 0.3) is 0 Å². The Kier molecular flexibility index (Phi) is 8.81. The highest BCUT2D eigenvalue weighted by Gasteiger charge is 2.31. The average molecular weight is 420 g/mol. The third-order valence-corrected chi connectivity index (χ3v) is 5.66. The standard InChI is InChI=1S/C24H33NO3.ClH/c1-24(2,18-19-10-12-20(26)13-11-19)23(27)21-8-4-5-9-22(21)28-17-16-25-14-6-3-7-15-25;/h4-5,8-13,23,26-27H,3,6-7,14-18H2,1-2H3;1H. The van der Waals surface area contributed by atoms with Crippen LogP contribution in [0.3, 0.4) is 0 Å². The summed E-state index contributed by atoms with van der Waals surface area (Å²) in [6.45, 7) is 8.02. The van der Waals surface area contributed by atoms with Crippen LogP contribution in [-0.4, -0.2) is 41.4 Å². The Morgan fingerprint density at radius 3 is 2.34 bits per heavy atom. The number of benzene rings is 2. The summed E-state index contributed by atoms with van der Waals surface area (Å²) in [6, 6.07) is 15.0. The van der Waals surface area contributed by atoms with E-state index >= 15 is 0 Å². The number of halogens is 1. The monoisotopic (exact) mass is 419 g/mol. The molecule has 1 fully saturated rings. The minimum atomic E-state index is -0.646. The number of hydrogen-bond donors (Lipinski definition) is 2. The van der Waals surface area contributed by atoms with E-state index in [-0.39, 0.29) is 23.6 Å². The van der Waals surface area contributed by atoms with Gasteiger partial charge in [0.15, 0.2) is 0 Å². The zero-order chi connectivity index (χ0) is 20.0. The molecule has 1 atom stereocenters. The topological polar surface area (TPSA) is 52.9 Å². The highest BCUT2D eigenvalue weighted by Crippen LogP contribution is 2.40. The summed E-state index contributed by atoms with van der Waals surface area (Å²) in [5.74, 6) is 1.03. The van der Waals surface area contributed by atoms with Gasteiger partial charge in [0.1, 0.15) is 18.1 Å². The van der Waals surface area contributed by atoms with Crippen molar-refractivity contribution in [2.75, 3.05) is 26.2 Å². The first-order valence-corrected chi connectivity index (χ1v) is 10.4. The van der Waals surface area contributed by atoms with Crippen LogP contribution in [-0.2, 0) is 6.42 Å². The Bertz CT molecular complexity index is 742. The van der Waals surface area contributed by atoms with Gasteiger partial charge in [-0.25, -0.2) is 0 Å². The number of aliphatic hydroxyl groups excluding tert-OH is 1. The van der Waals surface area contributed by atoms with Crippen LogP contribution in [0.4, 0.5) is 0 Å². The van der Waals surface area contributed by atoms with Gasteiger partial charge < -0.3 is 14.9 Å². The normalized spacial score (nSPS) is 16.1. The van der Waals surface area contributed by atoms with Crippen molar-refractivity contribution in [2.24, 2.45) is 5.41 Å². The van der Waals surface area contributed by atoms with E-state index in [0.717, 1.165) is 36.5 Å². The smallest absolute Gasteiger partial charge is 0.125 e. The molecule has 3 rings (SSSR count). The molecule has 160 valence electrons. The molecule has 29 heavy (non-hydrogen) atoms. The van der Waals surface area contributed by atoms with Crippen molar-refractivity contribution in [1.29, 1.82) is 0 Å². The number of phenols is 1. The fourth-order valence-electron chi connectivity index (χ4n) is 3.96. The number of hydrogen-bond acceptors (Lipinski definition) is 4. The molecule has 1 saturated heterocycles. The molecule has 4 nitrogen and oxygen atoms in total. The Hall–Kier alpha value is -1.75. The van der Waals surface area contributed by atoms with Crippen LogP contribution < -0.4 is 4.74 Å². The summed E-state index contributed by atoms with van der Waals surface area (Å²) in [4.78, 5) is 2.46. The molecule has 5 heteroatoms. The Morgan fingerprint density at radius 2 is 1.66 bits per heavy atom. The summed E-state index contributed by atoms with van der Waals surface area (Å²) >= 11 is 0. The summed E-state index contributed by atoms with van der Waals surface area (Å²) < 4.78 is 6.09. The highest BCUT2D eigenvalue weighted by molar-refractivity contribution is 5.85. The van der Waals surface area contributed by atoms with Crippen LogP contribution in [0.15, 0.2) is 48.5 Å². The predicted octanol–water partition coefficient (Wildman–Crippen LogP) is 4.98. The molecule has 1 aliphatic rings. The minimum absolute atomic E-state index is 0. The molecule has 0 radical (unpaired) electrons. The molecule has 0 bridgehead atoms. The molecule has 0 aliphatic carbocycles. The maximum absolute atomic E-state index is 11.2. The Morgan fingerprint density at radius 1 is 1.00 bits per heavy atom. The van der Waals surface area contributed by atoms with Gasteiger partial charge in [0.2, 0.25) is 0 Å². The van der Waals surface area contributed by atoms with E-state index < -0.39 is 6.10 Å². The first-order chi connectivity index (χ1) is 13.5. The first-order valence-electron chi connectivity index (χ1n) is 10.4. The molecule has 0 amide bonds. The van der Waals surface area contributed by atoms with Crippen molar-refractivity contribution in [3.05, 3.63) is 59.7 Å². The Labute approximate surface area is 180 Å². The van der Waals surface area contributed by atoms with Crippen LogP contribution >= 0.6 is 12.4 Å². The molecule has 1 heterocycles. The number of nitrogens with zero attached hydrogens (tertiary/aromatic N) is 1. The summed E-state index contributed by atoms with van der Waals surface area (Å²) in [7, 11) is 0. The van der Waals surface area contributed by atoms with Gasteiger partial charge in [-0.1, -0.05) is 50.6 Å². The molecule has 0 spiro atoms. The van der Waals surface area contributed by atoms with E-state index in [1.807, 2.05) is 36.4 Å². The zero-order valence-corrected chi connectivity index (χ0v) is 18.3. The molecule has 1 unspecified atom stereocenters. The quantitative estimate of drug-likeness (QED) is 0.633. The van der Waals surface area contributed by atoms with E-state index in [1.54, 1.807) is 12.1 Å². The van der Waals surface area contributed by atoms with Crippen molar-refractivity contribution in [3.63, 3.8) is 0 Å². The number of para-hydroxylation sites is 1. The van der Waals surface area contributed by atoms with Crippen LogP contribution in [0.2, 0.25) is 0 Å². The third-order valence-electron chi connectivity index (χ3n) is 5.66. The lowest BCUT2D eigenvalue weighted by Gasteiger charge is -2.32. The number of piperidine rings is 1. The third kappa shape index (κ3) is 6.63. The van der Waals surface area contributed by atoms with Gasteiger partial charge in [-0.3, -0.25) is 4.90 Å². The number of aromatic hydroxyl groups is 1. The van der Waals surface area contributed by atoms with Gasteiger partial charge in [-0.15, -0.1) is 12.4 Å². The van der Waals surface area contributed by atoms with E-state index in [0.29, 0.717) is 13.0 Å². The second kappa shape index (κ2) is 10.9. The molecule has 2 aromatic carbocycles. The fraction of sp³-hybridized carbons (Fsp3) is 0.500. The molecule has 2 N–H and O–H groups in total. The van der Waals surface area contributed by atoms with Gasteiger partial charge in [0.05, 0.1) is 6.10 Å². The fourth-order valence-corrected chi connectivity index (χ4v) is 3.96. The number of rotatable bonds is 8. The van der Waals surface area contributed by atoms with Gasteiger partial charge in [-0.05, 0) is 61.5 Å². The summed E-state index contributed by atoms with van der Waals surface area (Å²) in [5, 5.41) is 20.6. The van der Waals surface area contributed by atoms with Crippen LogP contribution in [0.25, 0.3) is 0 Å². The molecule has 0 aromatic heterocycles. The number of phenolic OH excluding ortho intramolecular Hbond substituents is 1. The second-order valence-corrected chi connectivity index (χ2v) is 8.52. The van der Waals surface area contributed by atoms with E-state index in [9.17, 15) is 10.2 Å².